The summed E-state index contributed by atoms with van der Waals surface area (Å²) in [7, 11) is -0.644. The van der Waals surface area contributed by atoms with Crippen molar-refractivity contribution in [3.63, 3.8) is 0 Å². The van der Waals surface area contributed by atoms with Gasteiger partial charge in [-0.15, -0.1) is 0 Å². The first kappa shape index (κ1) is 38.2. The lowest BCUT2D eigenvalue weighted by Gasteiger charge is -2.62. The zero-order valence-electron chi connectivity index (χ0n) is 30.6. The molecule has 15 atom stereocenters. The quantitative estimate of drug-likeness (QED) is 0.228. The minimum absolute atomic E-state index is 0.0352. The van der Waals surface area contributed by atoms with Crippen molar-refractivity contribution in [2.24, 2.45) is 46.3 Å². The molecule has 0 bridgehead atoms. The molecule has 0 radical (unpaired) electrons. The number of aliphatic hydroxyl groups excluding tert-OH is 3. The van der Waals surface area contributed by atoms with Gasteiger partial charge < -0.3 is 34.8 Å². The van der Waals surface area contributed by atoms with Gasteiger partial charge in [0.1, 0.15) is 18.9 Å². The smallest absolute Gasteiger partial charge is 0.408 e. The molecule has 54 heavy (non-hydrogen) atoms. The minimum atomic E-state index is -2.38. The number of halogens is 2. The van der Waals surface area contributed by atoms with Gasteiger partial charge in [0.25, 0.3) is 0 Å². The molecular formula is C40H49BF2O11. The molecule has 6 fully saturated rings. The molecule has 0 aliphatic heterocycles. The summed E-state index contributed by atoms with van der Waals surface area (Å²) < 4.78 is 47.1. The van der Waals surface area contributed by atoms with Crippen molar-refractivity contribution in [3.05, 3.63) is 47.6 Å². The van der Waals surface area contributed by atoms with Crippen LogP contribution in [0.1, 0.15) is 71.6 Å². The molecule has 0 amide bonds. The number of hydrogen-bond acceptors (Lipinski definition) is 11. The number of Topliss-reactive ketones (excluding diaryl/α,β-unsaturated/α-hetero) is 2. The normalized spacial score (nSPS) is 50.1. The van der Waals surface area contributed by atoms with E-state index < -0.39 is 120 Å². The Balaban J connectivity index is 1.05. The maximum absolute atomic E-state index is 17.7. The largest absolute Gasteiger partial charge is 0.438 e. The first-order valence-electron chi connectivity index (χ1n) is 19.3. The zero-order valence-corrected chi connectivity index (χ0v) is 30.6. The van der Waals surface area contributed by atoms with E-state index in [0.29, 0.717) is 24.8 Å². The highest BCUT2D eigenvalue weighted by molar-refractivity contribution is 6.18. The number of carbonyl (C=O) groups excluding carboxylic acids is 4. The standard InChI is InChI=1S/C40H49BF2O11/c1-35-11-9-23(47)14-21(35)4-7-28-29-16-34(40(52,32(50)19-45)36(29,2)17-30(48)39(28,35)43)54-41-53-33-15-24-26-6-3-20-13-22(46)5-8-25(20)37(26,42)12-10-27(24)38(33,51)31(49)18-44/h5,8-9,11,13-14,24-30,33-34,41,44-45,48,51-52H,3-4,6-7,10,12,15-19H2,1-2H3/t24?,25?,26?,27?,28?,29?,30-,33?,34?,35-,36-,37?,38?,39?,40?/m0/s1. The third kappa shape index (κ3) is 4.77. The summed E-state index contributed by atoms with van der Waals surface area (Å²) >= 11 is 0. The Hall–Kier alpha value is -2.72. The van der Waals surface area contributed by atoms with Gasteiger partial charge in [-0.25, -0.2) is 8.78 Å². The molecule has 0 saturated heterocycles. The number of carbonyl (C=O) groups is 4. The second kappa shape index (κ2) is 12.6. The summed E-state index contributed by atoms with van der Waals surface area (Å²) in [4.78, 5) is 51.2. The molecule has 8 aliphatic rings. The third-order valence-corrected chi connectivity index (χ3v) is 16.0. The average molecular weight is 755 g/mol. The number of hydrogen-bond donors (Lipinski definition) is 5. The molecule has 14 heteroatoms. The monoisotopic (exact) mass is 754 g/mol. The average Bonchev–Trinajstić information content (AvgIpc) is 3.55. The van der Waals surface area contributed by atoms with E-state index in [1.54, 1.807) is 19.9 Å². The predicted octanol–water partition coefficient (Wildman–Crippen LogP) is 1.82. The fourth-order valence-electron chi connectivity index (χ4n) is 13.4. The van der Waals surface area contributed by atoms with E-state index in [4.69, 9.17) is 9.31 Å². The number of rotatable bonds is 8. The van der Waals surface area contributed by atoms with Gasteiger partial charge in [-0.05, 0) is 107 Å². The van der Waals surface area contributed by atoms with Crippen molar-refractivity contribution in [1.29, 1.82) is 0 Å². The fourth-order valence-corrected chi connectivity index (χ4v) is 13.4. The number of alkyl halides is 2. The van der Waals surface area contributed by atoms with Crippen LogP contribution in [-0.2, 0) is 28.5 Å². The van der Waals surface area contributed by atoms with Crippen LogP contribution >= 0.6 is 0 Å². The highest BCUT2D eigenvalue weighted by Gasteiger charge is 2.77. The van der Waals surface area contributed by atoms with Crippen LogP contribution < -0.4 is 0 Å². The Labute approximate surface area is 312 Å². The molecule has 6 saturated carbocycles. The predicted molar refractivity (Wildman–Crippen MR) is 188 cm³/mol. The Morgan fingerprint density at radius 3 is 2.28 bits per heavy atom. The Kier molecular flexibility index (Phi) is 8.94. The molecule has 12 unspecified atom stereocenters. The third-order valence-electron chi connectivity index (χ3n) is 16.0. The van der Waals surface area contributed by atoms with Crippen molar-refractivity contribution >= 4 is 30.8 Å². The lowest BCUT2D eigenvalue weighted by molar-refractivity contribution is -0.221. The maximum Gasteiger partial charge on any atom is 0.438 e. The van der Waals surface area contributed by atoms with Gasteiger partial charge in [0.15, 0.2) is 40.0 Å². The van der Waals surface area contributed by atoms with E-state index in [9.17, 15) is 44.7 Å². The molecule has 0 heterocycles. The van der Waals surface area contributed by atoms with Crippen molar-refractivity contribution < 1.29 is 62.8 Å². The van der Waals surface area contributed by atoms with Gasteiger partial charge in [-0.1, -0.05) is 30.2 Å². The second-order valence-electron chi connectivity index (χ2n) is 17.8. The first-order chi connectivity index (χ1) is 25.4. The lowest BCUT2D eigenvalue weighted by Crippen LogP contribution is -2.70. The fraction of sp³-hybridized carbons (Fsp3) is 0.700. The zero-order chi connectivity index (χ0) is 38.8. The highest BCUT2D eigenvalue weighted by atomic mass is 19.1. The summed E-state index contributed by atoms with van der Waals surface area (Å²) in [6, 6.07) is 0. The van der Waals surface area contributed by atoms with Gasteiger partial charge in [-0.2, -0.15) is 0 Å². The Bertz CT molecular complexity index is 1800. The summed E-state index contributed by atoms with van der Waals surface area (Å²) in [6.07, 6.45) is 5.78. The summed E-state index contributed by atoms with van der Waals surface area (Å²) in [6.45, 7) is 1.21. The van der Waals surface area contributed by atoms with Crippen LogP contribution in [-0.4, -0.2) is 110 Å². The number of allylic oxidation sites excluding steroid dienone is 8. The van der Waals surface area contributed by atoms with Gasteiger partial charge in [-0.3, -0.25) is 19.2 Å². The van der Waals surface area contributed by atoms with E-state index in [2.05, 4.69) is 0 Å². The van der Waals surface area contributed by atoms with Crippen LogP contribution in [0.5, 0.6) is 0 Å². The van der Waals surface area contributed by atoms with Crippen LogP contribution in [0.15, 0.2) is 47.6 Å². The van der Waals surface area contributed by atoms with E-state index in [1.165, 1.54) is 30.4 Å². The van der Waals surface area contributed by atoms with E-state index >= 15 is 8.78 Å². The SMILES string of the molecule is C[C@]12C=CC(=O)C=C1CCC1C3CC(OBOC4CC5C6CCC7=CC(=O)C=CC7C6(F)CCC5C4(O)C(=O)CO)C(O)(C(=O)CO)[C@@]3(C)C[C@H](O)C12F. The molecule has 8 rings (SSSR count). The Morgan fingerprint density at radius 2 is 1.56 bits per heavy atom. The minimum Gasteiger partial charge on any atom is -0.408 e. The molecule has 0 aromatic rings. The number of ketones is 4. The molecule has 11 nitrogen and oxygen atoms in total. The van der Waals surface area contributed by atoms with Gasteiger partial charge in [0, 0.05) is 28.6 Å². The Morgan fingerprint density at radius 1 is 0.870 bits per heavy atom. The van der Waals surface area contributed by atoms with Gasteiger partial charge in [0.05, 0.1) is 18.3 Å². The molecule has 292 valence electrons. The lowest BCUT2D eigenvalue weighted by atomic mass is 9.44. The van der Waals surface area contributed by atoms with Crippen LogP contribution in [0, 0.1) is 46.3 Å². The first-order valence-corrected chi connectivity index (χ1v) is 19.3. The van der Waals surface area contributed by atoms with Crippen molar-refractivity contribution in [3.8, 4) is 0 Å². The second-order valence-corrected chi connectivity index (χ2v) is 17.8. The topological polar surface area (TPSA) is 188 Å². The van der Waals surface area contributed by atoms with Crippen LogP contribution in [0.25, 0.3) is 0 Å². The van der Waals surface area contributed by atoms with Crippen LogP contribution in [0.3, 0.4) is 0 Å². The van der Waals surface area contributed by atoms with Gasteiger partial charge >= 0.3 is 7.69 Å². The highest BCUT2D eigenvalue weighted by Crippen LogP contribution is 2.70. The van der Waals surface area contributed by atoms with Crippen molar-refractivity contribution in [2.45, 2.75) is 112 Å². The molecular weight excluding hydrogens is 705 g/mol. The number of aliphatic hydroxyl groups is 5. The molecule has 5 N–H and O–H groups in total. The van der Waals surface area contributed by atoms with Crippen LogP contribution in [0.2, 0.25) is 0 Å². The van der Waals surface area contributed by atoms with E-state index in [0.717, 1.165) is 5.57 Å². The summed E-state index contributed by atoms with van der Waals surface area (Å²) in [5, 5.41) is 56.2. The summed E-state index contributed by atoms with van der Waals surface area (Å²) in [5.41, 5.74) is -9.98. The molecule has 8 aliphatic carbocycles. The molecule has 0 spiro atoms. The van der Waals surface area contributed by atoms with E-state index in [-0.39, 0.29) is 50.1 Å². The molecule has 0 aromatic heterocycles. The van der Waals surface area contributed by atoms with E-state index in [1.807, 2.05) is 0 Å². The maximum atomic E-state index is 17.7. The van der Waals surface area contributed by atoms with Crippen molar-refractivity contribution in [1.82, 2.24) is 0 Å². The van der Waals surface area contributed by atoms with Gasteiger partial charge in [0.2, 0.25) is 0 Å². The van der Waals surface area contributed by atoms with Crippen LogP contribution in [0.4, 0.5) is 8.78 Å². The van der Waals surface area contributed by atoms with Crippen molar-refractivity contribution in [2.75, 3.05) is 13.2 Å². The summed E-state index contributed by atoms with van der Waals surface area (Å²) in [5.74, 6) is -6.26. The molecule has 0 aromatic carbocycles. The number of fused-ring (bicyclic) bond motifs is 10.